The Bertz CT molecular complexity index is 2770. The first kappa shape index (κ1) is 23.1. The molecule has 0 saturated carbocycles. The molecule has 0 N–H and O–H groups in total. The third kappa shape index (κ3) is 2.90. The molecule has 0 aliphatic rings. The Morgan fingerprint density at radius 2 is 1.24 bits per heavy atom. The molecule has 0 fully saturated rings. The second-order valence-corrected chi connectivity index (χ2v) is 13.1. The smallest absolute Gasteiger partial charge is 0.177 e. The van der Waals surface area contributed by atoms with Crippen molar-refractivity contribution in [2.45, 2.75) is 0 Å². The fraction of sp³-hybridized carbons (Fsp3) is 0. The number of thiophene rings is 2. The summed E-state index contributed by atoms with van der Waals surface area (Å²) in [7, 11) is 0. The van der Waals surface area contributed by atoms with Crippen molar-refractivity contribution in [2.24, 2.45) is 0 Å². The predicted octanol–water partition coefficient (Wildman–Crippen LogP) is 11.3. The van der Waals surface area contributed by atoms with E-state index in [-0.39, 0.29) is 0 Å². The first-order chi connectivity index (χ1) is 20.8. The van der Waals surface area contributed by atoms with E-state index in [4.69, 9.17) is 21.6 Å². The largest absolute Gasteiger partial charge is 0.290 e. The van der Waals surface area contributed by atoms with Crippen molar-refractivity contribution < 1.29 is 0 Å². The average molecular weight is 592 g/mol. The van der Waals surface area contributed by atoms with Crippen LogP contribution in [0.4, 0.5) is 0 Å². The molecule has 0 saturated heterocycles. The van der Waals surface area contributed by atoms with E-state index < -0.39 is 0 Å². The summed E-state index contributed by atoms with van der Waals surface area (Å²) < 4.78 is 5.96. The highest BCUT2D eigenvalue weighted by Crippen LogP contribution is 2.49. The fourth-order valence-electron chi connectivity index (χ4n) is 6.76. The predicted molar refractivity (Wildman–Crippen MR) is 182 cm³/mol. The maximum atomic E-state index is 7.09. The van der Waals surface area contributed by atoms with Crippen LogP contribution < -0.4 is 0 Å². The average Bonchev–Trinajstić information content (AvgIpc) is 3.71. The number of fused-ring (bicyclic) bond motifs is 15. The molecule has 0 atom stereocenters. The molecular formula is C36H18ClN3S2. The van der Waals surface area contributed by atoms with Crippen LogP contribution in [-0.2, 0) is 0 Å². The number of nitrogens with zero attached hydrogens (tertiary/aromatic N) is 3. The SMILES string of the molecule is Clc1nc2c(nc1-n1c3ccccc3c3c4ccccc4c4c5ccc6ccccc6c5sc4c31)sc1ccccc12. The van der Waals surface area contributed by atoms with Crippen LogP contribution in [0, 0.1) is 0 Å². The maximum absolute atomic E-state index is 7.09. The standard InChI is InChI=1S/C36H18ClN3S2/c37-34-35(39-36-30(38-34)24-14-6-8-16-27(24)41-36)40-26-15-7-5-13-23(26)28-21-11-3-4-12-22(21)29-25-18-17-19-9-1-2-10-20(19)32(25)42-33(29)31(28)40/h1-18H. The van der Waals surface area contributed by atoms with Crippen LogP contribution in [-0.4, -0.2) is 14.5 Å². The van der Waals surface area contributed by atoms with E-state index in [1.54, 1.807) is 11.3 Å². The highest BCUT2D eigenvalue weighted by atomic mass is 35.5. The van der Waals surface area contributed by atoms with Crippen LogP contribution >= 0.6 is 34.3 Å². The second-order valence-electron chi connectivity index (χ2n) is 10.7. The molecule has 6 heteroatoms. The van der Waals surface area contributed by atoms with Crippen LogP contribution in [0.25, 0.3) is 89.8 Å². The molecule has 0 spiro atoms. The van der Waals surface area contributed by atoms with Gasteiger partial charge in [0.15, 0.2) is 11.0 Å². The molecule has 0 amide bonds. The molecule has 4 heterocycles. The minimum atomic E-state index is 0.404. The van der Waals surface area contributed by atoms with Gasteiger partial charge < -0.3 is 0 Å². The second kappa shape index (κ2) is 8.26. The molecule has 4 aromatic heterocycles. The molecule has 0 unspecified atom stereocenters. The highest BCUT2D eigenvalue weighted by Gasteiger charge is 2.24. The van der Waals surface area contributed by atoms with Gasteiger partial charge >= 0.3 is 0 Å². The molecular weight excluding hydrogens is 574 g/mol. The number of halogens is 1. The summed E-state index contributed by atoms with van der Waals surface area (Å²) in [6.07, 6.45) is 0. The van der Waals surface area contributed by atoms with Crippen LogP contribution in [0.5, 0.6) is 0 Å². The quantitative estimate of drug-likeness (QED) is 0.190. The van der Waals surface area contributed by atoms with Crippen LogP contribution in [0.15, 0.2) is 109 Å². The van der Waals surface area contributed by atoms with Crippen molar-refractivity contribution in [2.75, 3.05) is 0 Å². The van der Waals surface area contributed by atoms with Crippen molar-refractivity contribution >= 4 is 118 Å². The number of hydrogen-bond donors (Lipinski definition) is 0. The third-order valence-electron chi connectivity index (χ3n) is 8.50. The number of rotatable bonds is 1. The summed E-state index contributed by atoms with van der Waals surface area (Å²) in [5, 5.41) is 11.5. The number of para-hydroxylation sites is 1. The van der Waals surface area contributed by atoms with Crippen molar-refractivity contribution in [3.8, 4) is 5.82 Å². The first-order valence-corrected chi connectivity index (χ1v) is 15.8. The summed E-state index contributed by atoms with van der Waals surface area (Å²) in [6, 6.07) is 38.9. The van der Waals surface area contributed by atoms with Gasteiger partial charge in [0.05, 0.1) is 15.7 Å². The number of hydrogen-bond acceptors (Lipinski definition) is 4. The van der Waals surface area contributed by atoms with E-state index in [0.29, 0.717) is 11.0 Å². The van der Waals surface area contributed by atoms with E-state index >= 15 is 0 Å². The molecule has 0 aliphatic carbocycles. The van der Waals surface area contributed by atoms with Gasteiger partial charge in [0.1, 0.15) is 10.3 Å². The highest BCUT2D eigenvalue weighted by molar-refractivity contribution is 7.27. The van der Waals surface area contributed by atoms with Crippen molar-refractivity contribution in [1.29, 1.82) is 0 Å². The van der Waals surface area contributed by atoms with Gasteiger partial charge in [-0.1, -0.05) is 109 Å². The summed E-state index contributed by atoms with van der Waals surface area (Å²) in [4.78, 5) is 11.1. The Hall–Kier alpha value is -4.55. The lowest BCUT2D eigenvalue weighted by Crippen LogP contribution is -2.00. The van der Waals surface area contributed by atoms with Crippen molar-refractivity contribution in [3.05, 3.63) is 114 Å². The zero-order valence-corrected chi connectivity index (χ0v) is 24.3. The van der Waals surface area contributed by atoms with Gasteiger partial charge in [-0.05, 0) is 33.7 Å². The Morgan fingerprint density at radius 3 is 2.10 bits per heavy atom. The molecule has 196 valence electrons. The molecule has 0 bridgehead atoms. The zero-order valence-electron chi connectivity index (χ0n) is 21.9. The van der Waals surface area contributed by atoms with E-state index in [0.717, 1.165) is 31.5 Å². The fourth-order valence-corrected chi connectivity index (χ4v) is 9.38. The number of aromatic nitrogens is 3. The lowest BCUT2D eigenvalue weighted by Gasteiger charge is -2.10. The summed E-state index contributed by atoms with van der Waals surface area (Å²) in [5.41, 5.74) is 3.06. The Balaban J connectivity index is 1.47. The third-order valence-corrected chi connectivity index (χ3v) is 11.1. The maximum Gasteiger partial charge on any atom is 0.177 e. The molecule has 3 nitrogen and oxygen atoms in total. The van der Waals surface area contributed by atoms with E-state index in [9.17, 15) is 0 Å². The first-order valence-electron chi connectivity index (χ1n) is 13.8. The van der Waals surface area contributed by atoms with E-state index in [1.165, 1.54) is 52.5 Å². The summed E-state index contributed by atoms with van der Waals surface area (Å²) >= 11 is 10.6. The molecule has 42 heavy (non-hydrogen) atoms. The van der Waals surface area contributed by atoms with Gasteiger partial charge in [0, 0.05) is 36.3 Å². The van der Waals surface area contributed by atoms with Gasteiger partial charge in [-0.2, -0.15) is 0 Å². The topological polar surface area (TPSA) is 30.7 Å². The monoisotopic (exact) mass is 591 g/mol. The zero-order chi connectivity index (χ0) is 27.5. The van der Waals surface area contributed by atoms with E-state index in [2.05, 4.69) is 108 Å². The molecule has 0 aliphatic heterocycles. The normalized spacial score (nSPS) is 12.4. The Labute approximate surface area is 251 Å². The molecule has 10 aromatic rings. The Kier molecular flexibility index (Phi) is 4.54. The molecule has 10 rings (SSSR count). The van der Waals surface area contributed by atoms with Gasteiger partial charge in [-0.15, -0.1) is 22.7 Å². The lowest BCUT2D eigenvalue weighted by atomic mass is 9.98. The van der Waals surface area contributed by atoms with Crippen LogP contribution in [0.3, 0.4) is 0 Å². The van der Waals surface area contributed by atoms with Gasteiger partial charge in [-0.3, -0.25) is 4.57 Å². The van der Waals surface area contributed by atoms with Gasteiger partial charge in [-0.25, -0.2) is 9.97 Å². The van der Waals surface area contributed by atoms with Crippen LogP contribution in [0.2, 0.25) is 5.15 Å². The minimum Gasteiger partial charge on any atom is -0.290 e. The summed E-state index contributed by atoms with van der Waals surface area (Å²) in [6.45, 7) is 0. The Morgan fingerprint density at radius 1 is 0.548 bits per heavy atom. The van der Waals surface area contributed by atoms with Crippen molar-refractivity contribution in [1.82, 2.24) is 14.5 Å². The van der Waals surface area contributed by atoms with Crippen LogP contribution in [0.1, 0.15) is 0 Å². The molecule has 6 aromatic carbocycles. The van der Waals surface area contributed by atoms with Gasteiger partial charge in [0.2, 0.25) is 0 Å². The summed E-state index contributed by atoms with van der Waals surface area (Å²) in [5.74, 6) is 0.667. The van der Waals surface area contributed by atoms with Crippen molar-refractivity contribution in [3.63, 3.8) is 0 Å². The van der Waals surface area contributed by atoms with E-state index in [1.807, 2.05) is 17.4 Å². The molecule has 0 radical (unpaired) electrons. The van der Waals surface area contributed by atoms with Gasteiger partial charge in [0.25, 0.3) is 0 Å². The lowest BCUT2D eigenvalue weighted by molar-refractivity contribution is 1.09. The minimum absolute atomic E-state index is 0.404. The number of benzene rings is 6.